The van der Waals surface area contributed by atoms with Crippen LogP contribution in [0, 0.1) is 5.92 Å². The largest absolute Gasteiger partial charge is 0.355 e. The van der Waals surface area contributed by atoms with Crippen molar-refractivity contribution in [2.75, 3.05) is 36.4 Å². The van der Waals surface area contributed by atoms with Gasteiger partial charge in [0.25, 0.3) is 0 Å². The molecule has 0 spiro atoms. The normalized spacial score (nSPS) is 17.3. The number of rotatable bonds is 6. The Balaban J connectivity index is 1.43. The highest BCUT2D eigenvalue weighted by molar-refractivity contribution is 5.79. The molecule has 8 nitrogen and oxygen atoms in total. The van der Waals surface area contributed by atoms with Gasteiger partial charge in [-0.3, -0.25) is 9.78 Å². The molecule has 24 heavy (non-hydrogen) atoms. The van der Waals surface area contributed by atoms with E-state index in [1.54, 1.807) is 37.1 Å². The highest BCUT2D eigenvalue weighted by Crippen LogP contribution is 2.20. The van der Waals surface area contributed by atoms with Gasteiger partial charge < -0.3 is 15.5 Å². The Hall–Kier alpha value is -2.77. The van der Waals surface area contributed by atoms with Crippen LogP contribution in [0.3, 0.4) is 0 Å². The van der Waals surface area contributed by atoms with Gasteiger partial charge in [0.1, 0.15) is 5.82 Å². The van der Waals surface area contributed by atoms with E-state index in [1.807, 2.05) is 0 Å². The van der Waals surface area contributed by atoms with Crippen LogP contribution in [0.5, 0.6) is 0 Å². The molecule has 2 aromatic heterocycles. The second-order valence-corrected chi connectivity index (χ2v) is 5.64. The van der Waals surface area contributed by atoms with Crippen molar-refractivity contribution in [3.63, 3.8) is 0 Å². The molecule has 0 aromatic carbocycles. The molecule has 1 amide bonds. The van der Waals surface area contributed by atoms with Crippen LogP contribution < -0.4 is 15.5 Å². The lowest BCUT2D eigenvalue weighted by atomic mass is 9.97. The van der Waals surface area contributed by atoms with Crippen LogP contribution in [0.25, 0.3) is 0 Å². The first-order valence-electron chi connectivity index (χ1n) is 8.12. The fraction of sp³-hybridized carbons (Fsp3) is 0.438. The number of nitrogens with zero attached hydrogens (tertiary/aromatic N) is 5. The number of aromatic nitrogens is 4. The van der Waals surface area contributed by atoms with E-state index in [4.69, 9.17) is 0 Å². The number of nitrogens with one attached hydrogen (secondary N) is 2. The monoisotopic (exact) mass is 327 g/mol. The lowest BCUT2D eigenvalue weighted by Gasteiger charge is -2.32. The summed E-state index contributed by atoms with van der Waals surface area (Å²) in [6.07, 6.45) is 10.3. The van der Waals surface area contributed by atoms with E-state index in [2.05, 4.69) is 35.5 Å². The molecule has 1 fully saturated rings. The van der Waals surface area contributed by atoms with E-state index in [0.29, 0.717) is 25.6 Å². The van der Waals surface area contributed by atoms with Gasteiger partial charge in [-0.05, 0) is 18.9 Å². The molecule has 0 bridgehead atoms. The van der Waals surface area contributed by atoms with Crippen LogP contribution in [0.1, 0.15) is 12.8 Å². The van der Waals surface area contributed by atoms with Crippen molar-refractivity contribution in [1.29, 1.82) is 0 Å². The molecule has 1 atom stereocenters. The van der Waals surface area contributed by atoms with Crippen LogP contribution >= 0.6 is 0 Å². The molecule has 1 saturated heterocycles. The Morgan fingerprint density at radius 2 is 2.04 bits per heavy atom. The maximum Gasteiger partial charge on any atom is 0.224 e. The summed E-state index contributed by atoms with van der Waals surface area (Å²) in [5.41, 5.74) is 0. The molecule has 1 aliphatic heterocycles. The summed E-state index contributed by atoms with van der Waals surface area (Å²) < 4.78 is 0. The molecular weight excluding hydrogens is 306 g/mol. The SMILES string of the molecule is O=C(NCCNc1ncccn1)C1CCCN(c2cnccn2)C1. The first-order chi connectivity index (χ1) is 11.8. The van der Waals surface area contributed by atoms with Crippen molar-refractivity contribution in [1.82, 2.24) is 25.3 Å². The number of anilines is 2. The van der Waals surface area contributed by atoms with Gasteiger partial charge in [0.2, 0.25) is 11.9 Å². The third-order valence-electron chi connectivity index (χ3n) is 3.94. The van der Waals surface area contributed by atoms with Crippen LogP contribution in [0.4, 0.5) is 11.8 Å². The molecule has 0 aliphatic carbocycles. The number of carbonyl (C=O) groups is 1. The Morgan fingerprint density at radius 3 is 2.83 bits per heavy atom. The molecule has 2 N–H and O–H groups in total. The van der Waals surface area contributed by atoms with Crippen LogP contribution in [0.15, 0.2) is 37.1 Å². The number of hydrogen-bond acceptors (Lipinski definition) is 7. The molecule has 0 saturated carbocycles. The van der Waals surface area contributed by atoms with Crippen molar-refractivity contribution in [2.24, 2.45) is 5.92 Å². The van der Waals surface area contributed by atoms with Crippen molar-refractivity contribution in [3.8, 4) is 0 Å². The topological polar surface area (TPSA) is 95.9 Å². The third-order valence-corrected chi connectivity index (χ3v) is 3.94. The zero-order valence-electron chi connectivity index (χ0n) is 13.4. The minimum atomic E-state index is -0.0197. The first-order valence-corrected chi connectivity index (χ1v) is 8.12. The molecule has 126 valence electrons. The second-order valence-electron chi connectivity index (χ2n) is 5.64. The number of amides is 1. The van der Waals surface area contributed by atoms with E-state index < -0.39 is 0 Å². The molecular formula is C16H21N7O. The molecule has 3 heterocycles. The van der Waals surface area contributed by atoms with Gasteiger partial charge in [-0.1, -0.05) is 0 Å². The van der Waals surface area contributed by atoms with Gasteiger partial charge in [-0.2, -0.15) is 0 Å². The van der Waals surface area contributed by atoms with Gasteiger partial charge in [0.15, 0.2) is 0 Å². The average molecular weight is 327 g/mol. The zero-order chi connectivity index (χ0) is 16.6. The average Bonchev–Trinajstić information content (AvgIpc) is 2.67. The highest BCUT2D eigenvalue weighted by Gasteiger charge is 2.26. The van der Waals surface area contributed by atoms with Crippen molar-refractivity contribution >= 4 is 17.7 Å². The quantitative estimate of drug-likeness (QED) is 0.754. The maximum absolute atomic E-state index is 12.4. The molecule has 1 unspecified atom stereocenters. The predicted molar refractivity (Wildman–Crippen MR) is 90.5 cm³/mol. The van der Waals surface area contributed by atoms with Crippen molar-refractivity contribution < 1.29 is 4.79 Å². The van der Waals surface area contributed by atoms with Gasteiger partial charge in [-0.15, -0.1) is 0 Å². The number of carbonyl (C=O) groups excluding carboxylic acids is 1. The summed E-state index contributed by atoms with van der Waals surface area (Å²) in [4.78, 5) is 31.0. The Bertz CT molecular complexity index is 637. The number of piperidine rings is 1. The molecule has 8 heteroatoms. The first kappa shape index (κ1) is 16.1. The summed E-state index contributed by atoms with van der Waals surface area (Å²) in [7, 11) is 0. The zero-order valence-corrected chi connectivity index (χ0v) is 13.4. The van der Waals surface area contributed by atoms with Gasteiger partial charge in [-0.25, -0.2) is 15.0 Å². The fourth-order valence-electron chi connectivity index (χ4n) is 2.75. The second kappa shape index (κ2) is 8.19. The Morgan fingerprint density at radius 1 is 1.17 bits per heavy atom. The summed E-state index contributed by atoms with van der Waals surface area (Å²) in [6, 6.07) is 1.76. The minimum absolute atomic E-state index is 0.0197. The number of hydrogen-bond donors (Lipinski definition) is 2. The standard InChI is InChI=1S/C16H21N7O/c24-15(19-8-9-22-16-20-4-2-5-21-16)13-3-1-10-23(12-13)14-11-17-6-7-18-14/h2,4-7,11,13H,1,3,8-10,12H2,(H,19,24)(H,20,21,22). The summed E-state index contributed by atoms with van der Waals surface area (Å²) in [5, 5.41) is 6.05. The van der Waals surface area contributed by atoms with E-state index >= 15 is 0 Å². The van der Waals surface area contributed by atoms with Crippen LogP contribution in [0.2, 0.25) is 0 Å². The molecule has 1 aliphatic rings. The summed E-state index contributed by atoms with van der Waals surface area (Å²) in [6.45, 7) is 2.73. The van der Waals surface area contributed by atoms with E-state index in [-0.39, 0.29) is 11.8 Å². The molecule has 3 rings (SSSR count). The van der Waals surface area contributed by atoms with Crippen molar-refractivity contribution in [3.05, 3.63) is 37.1 Å². The van der Waals surface area contributed by atoms with Gasteiger partial charge in [0.05, 0.1) is 12.1 Å². The summed E-state index contributed by atoms with van der Waals surface area (Å²) >= 11 is 0. The smallest absolute Gasteiger partial charge is 0.224 e. The van der Waals surface area contributed by atoms with Crippen LogP contribution in [-0.2, 0) is 4.79 Å². The third kappa shape index (κ3) is 4.37. The summed E-state index contributed by atoms with van der Waals surface area (Å²) in [5.74, 6) is 1.46. The Labute approximate surface area is 140 Å². The van der Waals surface area contributed by atoms with E-state index in [1.165, 1.54) is 0 Å². The Kier molecular flexibility index (Phi) is 5.49. The maximum atomic E-state index is 12.4. The van der Waals surface area contributed by atoms with Gasteiger partial charge in [0, 0.05) is 51.0 Å². The van der Waals surface area contributed by atoms with Crippen molar-refractivity contribution in [2.45, 2.75) is 12.8 Å². The highest BCUT2D eigenvalue weighted by atomic mass is 16.1. The van der Waals surface area contributed by atoms with Gasteiger partial charge >= 0.3 is 0 Å². The minimum Gasteiger partial charge on any atom is -0.355 e. The molecule has 2 aromatic rings. The predicted octanol–water partition coefficient (Wildman–Crippen LogP) is 0.711. The lowest BCUT2D eigenvalue weighted by molar-refractivity contribution is -0.125. The fourth-order valence-corrected chi connectivity index (χ4v) is 2.75. The van der Waals surface area contributed by atoms with Crippen LogP contribution in [-0.4, -0.2) is 52.0 Å². The lowest BCUT2D eigenvalue weighted by Crippen LogP contribution is -2.44. The van der Waals surface area contributed by atoms with E-state index in [0.717, 1.165) is 25.2 Å². The van der Waals surface area contributed by atoms with E-state index in [9.17, 15) is 4.79 Å². The molecule has 0 radical (unpaired) electrons.